The van der Waals surface area contributed by atoms with E-state index in [0.29, 0.717) is 35.1 Å². The Morgan fingerprint density at radius 3 is 2.47 bits per heavy atom. The van der Waals surface area contributed by atoms with Crippen molar-refractivity contribution < 1.29 is 19.0 Å². The molecule has 1 amide bonds. The number of methoxy groups -OCH3 is 1. The summed E-state index contributed by atoms with van der Waals surface area (Å²) in [7, 11) is 1.57. The van der Waals surface area contributed by atoms with Gasteiger partial charge in [-0.3, -0.25) is 4.79 Å². The van der Waals surface area contributed by atoms with Crippen molar-refractivity contribution in [1.29, 1.82) is 0 Å². The molecule has 0 aliphatic heterocycles. The van der Waals surface area contributed by atoms with Crippen LogP contribution >= 0.6 is 22.6 Å². The Bertz CT molecular complexity index is 1020. The molecule has 0 atom stereocenters. The number of benzene rings is 3. The number of rotatable bonds is 8. The van der Waals surface area contributed by atoms with Crippen LogP contribution in [0.4, 0.5) is 5.69 Å². The first-order valence-corrected chi connectivity index (χ1v) is 10.7. The second-order valence-electron chi connectivity index (χ2n) is 6.73. The molecule has 1 N–H and O–H groups in total. The Morgan fingerprint density at radius 2 is 1.80 bits per heavy atom. The summed E-state index contributed by atoms with van der Waals surface area (Å²) >= 11 is 2.15. The molecule has 0 aliphatic carbocycles. The first-order valence-electron chi connectivity index (χ1n) is 9.66. The number of hydrogen-bond donors (Lipinski definition) is 1. The first kappa shape index (κ1) is 22.0. The minimum Gasteiger partial charge on any atom is -0.493 e. The van der Waals surface area contributed by atoms with Crippen LogP contribution in [0.1, 0.15) is 29.3 Å². The number of carbonyl (C=O) groups excluding carboxylic acids is 1. The number of nitrogens with one attached hydrogen (secondary N) is 1. The maximum absolute atomic E-state index is 12.7. The highest BCUT2D eigenvalue weighted by molar-refractivity contribution is 14.1. The van der Waals surface area contributed by atoms with E-state index >= 15 is 0 Å². The SMILES string of the molecule is CCCOc1c(I)cc(C(=O)Nc2ccc(Oc3cccc(C)c3)cc2)cc1OC. The summed E-state index contributed by atoms with van der Waals surface area (Å²) in [5.41, 5.74) is 2.31. The number of hydrogen-bond acceptors (Lipinski definition) is 4. The van der Waals surface area contributed by atoms with Gasteiger partial charge in [-0.25, -0.2) is 0 Å². The van der Waals surface area contributed by atoms with E-state index in [-0.39, 0.29) is 5.91 Å². The van der Waals surface area contributed by atoms with Gasteiger partial charge in [-0.2, -0.15) is 0 Å². The lowest BCUT2D eigenvalue weighted by molar-refractivity contribution is 0.102. The molecule has 0 saturated heterocycles. The standard InChI is InChI=1S/C24H24INO4/c1-4-12-29-23-21(25)14-17(15-22(23)28-3)24(27)26-18-8-10-19(11-9-18)30-20-7-5-6-16(2)13-20/h5-11,13-15H,4,12H2,1-3H3,(H,26,27). The Kier molecular flexibility index (Phi) is 7.57. The van der Waals surface area contributed by atoms with Gasteiger partial charge >= 0.3 is 0 Å². The van der Waals surface area contributed by atoms with Crippen molar-refractivity contribution in [3.05, 3.63) is 75.4 Å². The molecule has 3 aromatic rings. The van der Waals surface area contributed by atoms with E-state index in [9.17, 15) is 4.79 Å². The molecule has 3 aromatic carbocycles. The average Bonchev–Trinajstić information content (AvgIpc) is 2.73. The van der Waals surface area contributed by atoms with Crippen molar-refractivity contribution in [3.63, 3.8) is 0 Å². The van der Waals surface area contributed by atoms with Gasteiger partial charge in [0, 0.05) is 11.3 Å². The Hall–Kier alpha value is -2.74. The molecule has 6 heteroatoms. The molecule has 30 heavy (non-hydrogen) atoms. The van der Waals surface area contributed by atoms with E-state index in [1.54, 1.807) is 19.2 Å². The number of carbonyl (C=O) groups is 1. The quantitative estimate of drug-likeness (QED) is 0.350. The molecule has 0 aromatic heterocycles. The van der Waals surface area contributed by atoms with Crippen LogP contribution in [0.25, 0.3) is 0 Å². The molecule has 5 nitrogen and oxygen atoms in total. The zero-order valence-corrected chi connectivity index (χ0v) is 19.4. The lowest BCUT2D eigenvalue weighted by atomic mass is 10.1. The summed E-state index contributed by atoms with van der Waals surface area (Å²) < 4.78 is 17.8. The fourth-order valence-corrected chi connectivity index (χ4v) is 3.58. The van der Waals surface area contributed by atoms with Crippen LogP contribution < -0.4 is 19.5 Å². The Morgan fingerprint density at radius 1 is 1.03 bits per heavy atom. The molecular formula is C24H24INO4. The fraction of sp³-hybridized carbons (Fsp3) is 0.208. The van der Waals surface area contributed by atoms with Crippen LogP contribution in [0.3, 0.4) is 0 Å². The van der Waals surface area contributed by atoms with E-state index in [0.717, 1.165) is 21.3 Å². The zero-order chi connectivity index (χ0) is 21.5. The summed E-state index contributed by atoms with van der Waals surface area (Å²) in [6.07, 6.45) is 0.894. The Balaban J connectivity index is 1.70. The van der Waals surface area contributed by atoms with Crippen LogP contribution in [-0.2, 0) is 0 Å². The lowest BCUT2D eigenvalue weighted by Crippen LogP contribution is -2.13. The molecule has 0 radical (unpaired) electrons. The van der Waals surface area contributed by atoms with E-state index < -0.39 is 0 Å². The molecule has 0 heterocycles. The second-order valence-corrected chi connectivity index (χ2v) is 7.90. The lowest BCUT2D eigenvalue weighted by Gasteiger charge is -2.14. The third kappa shape index (κ3) is 5.66. The van der Waals surface area contributed by atoms with Crippen molar-refractivity contribution in [2.24, 2.45) is 0 Å². The number of ether oxygens (including phenoxy) is 3. The van der Waals surface area contributed by atoms with Gasteiger partial charge in [0.1, 0.15) is 11.5 Å². The minimum absolute atomic E-state index is 0.222. The summed E-state index contributed by atoms with van der Waals surface area (Å²) in [6, 6.07) is 18.6. The van der Waals surface area contributed by atoms with E-state index in [1.807, 2.05) is 62.4 Å². The van der Waals surface area contributed by atoms with Gasteiger partial charge in [0.2, 0.25) is 0 Å². The summed E-state index contributed by atoms with van der Waals surface area (Å²) in [4.78, 5) is 12.7. The maximum Gasteiger partial charge on any atom is 0.255 e. The number of halogens is 1. The van der Waals surface area contributed by atoms with Crippen molar-refractivity contribution in [2.75, 3.05) is 19.0 Å². The highest BCUT2D eigenvalue weighted by Crippen LogP contribution is 2.34. The van der Waals surface area contributed by atoms with Gasteiger partial charge in [-0.05, 0) is 90.0 Å². The summed E-state index contributed by atoms with van der Waals surface area (Å²) in [5, 5.41) is 2.91. The normalized spacial score (nSPS) is 10.4. The fourth-order valence-electron chi connectivity index (χ4n) is 2.82. The van der Waals surface area contributed by atoms with Gasteiger partial charge in [0.15, 0.2) is 11.5 Å². The van der Waals surface area contributed by atoms with E-state index in [4.69, 9.17) is 14.2 Å². The van der Waals surface area contributed by atoms with Gasteiger partial charge in [0.05, 0.1) is 17.3 Å². The van der Waals surface area contributed by atoms with Crippen LogP contribution in [0.5, 0.6) is 23.0 Å². The van der Waals surface area contributed by atoms with E-state index in [2.05, 4.69) is 27.9 Å². The number of aryl methyl sites for hydroxylation is 1. The maximum atomic E-state index is 12.7. The van der Waals surface area contributed by atoms with Crippen molar-refractivity contribution >= 4 is 34.2 Å². The van der Waals surface area contributed by atoms with Gasteiger partial charge in [0.25, 0.3) is 5.91 Å². The minimum atomic E-state index is -0.222. The third-order valence-corrected chi connectivity index (χ3v) is 5.08. The van der Waals surface area contributed by atoms with Gasteiger partial charge in [-0.1, -0.05) is 19.1 Å². The molecule has 0 saturated carbocycles. The molecule has 3 rings (SSSR count). The van der Waals surface area contributed by atoms with Crippen LogP contribution in [0.15, 0.2) is 60.7 Å². The predicted molar refractivity (Wildman–Crippen MR) is 127 cm³/mol. The number of amides is 1. The second kappa shape index (κ2) is 10.3. The smallest absolute Gasteiger partial charge is 0.255 e. The topological polar surface area (TPSA) is 56.8 Å². The summed E-state index contributed by atoms with van der Waals surface area (Å²) in [5.74, 6) is 2.46. The summed E-state index contributed by atoms with van der Waals surface area (Å²) in [6.45, 7) is 4.65. The van der Waals surface area contributed by atoms with Crippen LogP contribution in [0, 0.1) is 10.5 Å². The van der Waals surface area contributed by atoms with Gasteiger partial charge < -0.3 is 19.5 Å². The largest absolute Gasteiger partial charge is 0.493 e. The van der Waals surface area contributed by atoms with Crippen molar-refractivity contribution in [2.45, 2.75) is 20.3 Å². The van der Waals surface area contributed by atoms with Crippen molar-refractivity contribution in [1.82, 2.24) is 0 Å². The molecule has 0 aliphatic rings. The van der Waals surface area contributed by atoms with E-state index in [1.165, 1.54) is 0 Å². The highest BCUT2D eigenvalue weighted by Gasteiger charge is 2.16. The molecule has 0 spiro atoms. The highest BCUT2D eigenvalue weighted by atomic mass is 127. The predicted octanol–water partition coefficient (Wildman–Crippen LogP) is 6.44. The van der Waals surface area contributed by atoms with Crippen LogP contribution in [0.2, 0.25) is 0 Å². The molecule has 0 fully saturated rings. The molecule has 0 bridgehead atoms. The molecule has 156 valence electrons. The van der Waals surface area contributed by atoms with Crippen LogP contribution in [-0.4, -0.2) is 19.6 Å². The third-order valence-electron chi connectivity index (χ3n) is 4.28. The molecular weight excluding hydrogens is 493 g/mol. The molecule has 0 unspecified atom stereocenters. The average molecular weight is 517 g/mol. The number of anilines is 1. The monoisotopic (exact) mass is 517 g/mol. The van der Waals surface area contributed by atoms with Crippen molar-refractivity contribution in [3.8, 4) is 23.0 Å². The Labute approximate surface area is 190 Å². The van der Waals surface area contributed by atoms with Gasteiger partial charge in [-0.15, -0.1) is 0 Å². The zero-order valence-electron chi connectivity index (χ0n) is 17.2. The first-order chi connectivity index (χ1) is 14.5.